The van der Waals surface area contributed by atoms with Gasteiger partial charge in [-0.2, -0.15) is 5.92 Å². The Kier molecular flexibility index (Phi) is 9.87. The van der Waals surface area contributed by atoms with Crippen LogP contribution in [0.25, 0.3) is 0 Å². The molecule has 17 heavy (non-hydrogen) atoms. The number of hydrogen-bond donors (Lipinski definition) is 0. The van der Waals surface area contributed by atoms with Gasteiger partial charge in [0.25, 0.3) is 0 Å². The molecule has 0 bridgehead atoms. The molecule has 0 aromatic rings. The first-order chi connectivity index (χ1) is 6.45. The molecule has 1 radical (unpaired) electrons. The fourth-order valence-electron chi connectivity index (χ4n) is 3.45. The van der Waals surface area contributed by atoms with Crippen molar-refractivity contribution in [2.24, 2.45) is 23.7 Å². The topological polar surface area (TPSA) is 0 Å². The third-order valence-corrected chi connectivity index (χ3v) is 4.06. The molecule has 95 valence electrons. The van der Waals surface area contributed by atoms with Gasteiger partial charge in [-0.05, 0) is 16.9 Å². The molecule has 0 aliphatic heterocycles. The zero-order chi connectivity index (χ0) is 8.67. The van der Waals surface area contributed by atoms with Crippen LogP contribution in [0.3, 0.4) is 0 Å². The van der Waals surface area contributed by atoms with Crippen molar-refractivity contribution in [3.8, 4) is 0 Å². The van der Waals surface area contributed by atoms with Gasteiger partial charge in [-0.3, -0.25) is 0 Å². The monoisotopic (exact) mass is 283 g/mol. The van der Waals surface area contributed by atoms with E-state index in [4.69, 9.17) is 0 Å². The van der Waals surface area contributed by atoms with Crippen LogP contribution in [0.1, 0.15) is 25.7 Å². The minimum atomic E-state index is 0. The van der Waals surface area contributed by atoms with E-state index in [1.54, 1.807) is 0 Å². The molecule has 3 aliphatic carbocycles. The zero-order valence-corrected chi connectivity index (χ0v) is 12.1. The molecule has 0 aromatic heterocycles. The summed E-state index contributed by atoms with van der Waals surface area (Å²) in [7, 11) is 0. The zero-order valence-electron chi connectivity index (χ0n) is 10.5. The standard InChI is InChI=1S/C13H17.2CH3.H4Si.Ti/c1-3-7-12-10(5-1)9-11-6-2-4-8-13(11)12;;;;/h1,3,5,7,9-13H,2,4,6,8H2;2*1H3;1H4;/q3*-1;;+3. The van der Waals surface area contributed by atoms with Crippen LogP contribution in [0.4, 0.5) is 0 Å². The van der Waals surface area contributed by atoms with Gasteiger partial charge in [-0.25, -0.2) is 0 Å². The van der Waals surface area contributed by atoms with E-state index in [-0.39, 0.29) is 47.5 Å². The summed E-state index contributed by atoms with van der Waals surface area (Å²) in [6.07, 6.45) is 17.8. The summed E-state index contributed by atoms with van der Waals surface area (Å²) in [5.41, 5.74) is 0. The summed E-state index contributed by atoms with van der Waals surface area (Å²) >= 11 is 0. The molecule has 0 heterocycles. The maximum Gasteiger partial charge on any atom is 3.00 e. The van der Waals surface area contributed by atoms with Gasteiger partial charge in [0, 0.05) is 0 Å². The van der Waals surface area contributed by atoms with E-state index < -0.39 is 0 Å². The second-order valence-corrected chi connectivity index (χ2v) is 4.73. The molecule has 0 saturated heterocycles. The van der Waals surface area contributed by atoms with Crippen molar-refractivity contribution in [2.45, 2.75) is 25.7 Å². The first-order valence-electron chi connectivity index (χ1n) is 5.65. The average Bonchev–Trinajstić information content (AvgIpc) is 2.56. The van der Waals surface area contributed by atoms with Crippen LogP contribution in [0.2, 0.25) is 0 Å². The minimum Gasteiger partial charge on any atom is -0.358 e. The Morgan fingerprint density at radius 1 is 0.941 bits per heavy atom. The molecule has 0 spiro atoms. The van der Waals surface area contributed by atoms with Crippen LogP contribution in [0, 0.1) is 44.9 Å². The van der Waals surface area contributed by atoms with E-state index >= 15 is 0 Å². The summed E-state index contributed by atoms with van der Waals surface area (Å²) in [6, 6.07) is 0. The average molecular weight is 283 g/mol. The molecule has 4 atom stereocenters. The molecule has 2 saturated carbocycles. The van der Waals surface area contributed by atoms with Crippen molar-refractivity contribution < 1.29 is 21.7 Å². The van der Waals surface area contributed by atoms with Gasteiger partial charge in [-0.15, -0.1) is 12.0 Å². The number of hydrogen-bond acceptors (Lipinski definition) is 0. The Hall–Kier alpha value is 0.411. The predicted octanol–water partition coefficient (Wildman–Crippen LogP) is 2.82. The van der Waals surface area contributed by atoms with E-state index in [1.165, 1.54) is 25.7 Å². The van der Waals surface area contributed by atoms with Gasteiger partial charge in [0.05, 0.1) is 0 Å². The molecule has 3 aliphatic rings. The SMILES string of the molecule is C1=CC2[CH-]C3CCCCC3C2C=C1.[CH3-].[CH3-].[SiH4].[Ti+3]. The van der Waals surface area contributed by atoms with Crippen LogP contribution >= 0.6 is 0 Å². The van der Waals surface area contributed by atoms with Gasteiger partial charge in [0.1, 0.15) is 0 Å². The van der Waals surface area contributed by atoms with Crippen LogP contribution in [0.5, 0.6) is 0 Å². The van der Waals surface area contributed by atoms with Gasteiger partial charge in [-0.1, -0.05) is 49.8 Å². The van der Waals surface area contributed by atoms with Crippen molar-refractivity contribution >= 4 is 11.0 Å². The second kappa shape index (κ2) is 8.50. The largest absolute Gasteiger partial charge is 3.00 e. The predicted molar refractivity (Wildman–Crippen MR) is 79.2 cm³/mol. The third kappa shape index (κ3) is 3.69. The molecular formula is C15H27SiTi. The summed E-state index contributed by atoms with van der Waals surface area (Å²) in [4.78, 5) is 0. The smallest absolute Gasteiger partial charge is 0.358 e. The maximum atomic E-state index is 2.62. The fraction of sp³-hybridized carbons (Fsp3) is 0.533. The Morgan fingerprint density at radius 3 is 2.35 bits per heavy atom. The van der Waals surface area contributed by atoms with Crippen LogP contribution in [0.15, 0.2) is 24.3 Å². The summed E-state index contributed by atoms with van der Waals surface area (Å²) in [5.74, 6) is 3.56. The number of allylic oxidation sites excluding steroid dienone is 4. The van der Waals surface area contributed by atoms with Crippen LogP contribution in [-0.2, 0) is 21.7 Å². The van der Waals surface area contributed by atoms with Gasteiger partial charge in [0.15, 0.2) is 0 Å². The van der Waals surface area contributed by atoms with Crippen molar-refractivity contribution in [2.75, 3.05) is 0 Å². The van der Waals surface area contributed by atoms with Gasteiger partial charge in [0.2, 0.25) is 0 Å². The van der Waals surface area contributed by atoms with E-state index in [0.717, 1.165) is 23.7 Å². The Bertz CT molecular complexity index is 260. The molecule has 0 amide bonds. The first kappa shape index (κ1) is 19.7. The van der Waals surface area contributed by atoms with E-state index in [2.05, 4.69) is 30.7 Å². The van der Waals surface area contributed by atoms with E-state index in [9.17, 15) is 0 Å². The molecule has 0 aromatic carbocycles. The summed E-state index contributed by atoms with van der Waals surface area (Å²) in [5, 5.41) is 0. The van der Waals surface area contributed by atoms with Gasteiger partial charge >= 0.3 is 21.7 Å². The third-order valence-electron chi connectivity index (χ3n) is 4.06. The fourth-order valence-corrected chi connectivity index (χ4v) is 3.45. The Balaban J connectivity index is 0. The van der Waals surface area contributed by atoms with E-state index in [1.807, 2.05) is 0 Å². The quantitative estimate of drug-likeness (QED) is 0.474. The van der Waals surface area contributed by atoms with Crippen LogP contribution < -0.4 is 0 Å². The van der Waals surface area contributed by atoms with Gasteiger partial charge < -0.3 is 21.3 Å². The summed E-state index contributed by atoms with van der Waals surface area (Å²) in [6.45, 7) is 0. The maximum absolute atomic E-state index is 2.62. The summed E-state index contributed by atoms with van der Waals surface area (Å²) < 4.78 is 0. The molecule has 0 N–H and O–H groups in total. The van der Waals surface area contributed by atoms with E-state index in [0.29, 0.717) is 0 Å². The van der Waals surface area contributed by atoms with Crippen molar-refractivity contribution in [3.05, 3.63) is 45.6 Å². The molecule has 0 nitrogen and oxygen atoms in total. The van der Waals surface area contributed by atoms with Crippen LogP contribution in [-0.4, -0.2) is 11.0 Å². The normalized spacial score (nSPS) is 36.2. The number of rotatable bonds is 0. The second-order valence-electron chi connectivity index (χ2n) is 4.73. The Morgan fingerprint density at radius 2 is 1.59 bits per heavy atom. The molecule has 2 heteroatoms. The van der Waals surface area contributed by atoms with Crippen molar-refractivity contribution in [1.82, 2.24) is 0 Å². The molecule has 2 fully saturated rings. The van der Waals surface area contributed by atoms with Crippen molar-refractivity contribution in [3.63, 3.8) is 0 Å². The Labute approximate surface area is 127 Å². The molecule has 3 rings (SSSR count). The molecule has 4 unspecified atom stereocenters. The molecular weight excluding hydrogens is 256 g/mol. The van der Waals surface area contributed by atoms with Crippen molar-refractivity contribution in [1.29, 1.82) is 0 Å². The minimum absolute atomic E-state index is 0. The number of fused-ring (bicyclic) bond motifs is 3. The first-order valence-corrected chi connectivity index (χ1v) is 5.65.